The number of aryl methyl sites for hydroxylation is 2. The molecule has 2 nitrogen and oxygen atoms in total. The first-order valence-corrected chi connectivity index (χ1v) is 9.73. The topological polar surface area (TPSA) is 20.3 Å². The summed E-state index contributed by atoms with van der Waals surface area (Å²) in [7, 11) is 0. The van der Waals surface area contributed by atoms with Gasteiger partial charge in [-0.3, -0.25) is 9.69 Å². The van der Waals surface area contributed by atoms with Crippen LogP contribution in [0.25, 0.3) is 0 Å². The molecule has 0 saturated carbocycles. The molecular formula is C23H25NO. The molecule has 5 rings (SSSR count). The number of ketones is 1. The lowest BCUT2D eigenvalue weighted by Crippen LogP contribution is -2.44. The zero-order valence-electron chi connectivity index (χ0n) is 14.7. The molecule has 2 heteroatoms. The standard InChI is InChI=1S/C23H25NO/c25-23(19-9-7-17-6-8-18(17)12-19)20-13-21-10-11-22(14-20)24(21)15-16-4-2-1-3-5-16/h1-5,7,9,12,20-22H,6,8,10-11,13-15H2. The number of fused-ring (bicyclic) bond motifs is 3. The summed E-state index contributed by atoms with van der Waals surface area (Å²) in [4.78, 5) is 15.7. The summed E-state index contributed by atoms with van der Waals surface area (Å²) in [5.41, 5.74) is 5.19. The van der Waals surface area contributed by atoms with Crippen molar-refractivity contribution in [1.82, 2.24) is 4.90 Å². The monoisotopic (exact) mass is 331 g/mol. The Labute approximate surface area is 149 Å². The number of rotatable bonds is 4. The molecule has 2 saturated heterocycles. The first-order valence-electron chi connectivity index (χ1n) is 9.73. The second-order valence-corrected chi connectivity index (χ2v) is 8.06. The second kappa shape index (κ2) is 6.10. The Morgan fingerprint density at radius 3 is 2.28 bits per heavy atom. The highest BCUT2D eigenvalue weighted by molar-refractivity contribution is 5.98. The lowest BCUT2D eigenvalue weighted by molar-refractivity contribution is 0.0678. The van der Waals surface area contributed by atoms with E-state index in [0.29, 0.717) is 17.9 Å². The molecule has 2 atom stereocenters. The molecule has 2 aromatic carbocycles. The molecule has 0 spiro atoms. The van der Waals surface area contributed by atoms with E-state index in [1.54, 1.807) is 0 Å². The number of nitrogens with zero attached hydrogens (tertiary/aromatic N) is 1. The Kier molecular flexibility index (Phi) is 3.74. The molecule has 1 aliphatic carbocycles. The third-order valence-electron chi connectivity index (χ3n) is 6.62. The van der Waals surface area contributed by atoms with Gasteiger partial charge in [-0.25, -0.2) is 0 Å². The Hall–Kier alpha value is -1.93. The van der Waals surface area contributed by atoms with Crippen LogP contribution in [-0.4, -0.2) is 22.8 Å². The van der Waals surface area contributed by atoms with Gasteiger partial charge in [0, 0.05) is 30.1 Å². The zero-order chi connectivity index (χ0) is 16.8. The van der Waals surface area contributed by atoms with Gasteiger partial charge in [-0.15, -0.1) is 0 Å². The molecule has 128 valence electrons. The van der Waals surface area contributed by atoms with E-state index >= 15 is 0 Å². The van der Waals surface area contributed by atoms with Gasteiger partial charge in [0.05, 0.1) is 0 Å². The number of Topliss-reactive ketones (excluding diaryl/α,β-unsaturated/α-hetero) is 1. The van der Waals surface area contributed by atoms with E-state index < -0.39 is 0 Å². The smallest absolute Gasteiger partial charge is 0.166 e. The van der Waals surface area contributed by atoms with Crippen LogP contribution in [-0.2, 0) is 19.4 Å². The Balaban J connectivity index is 1.30. The molecular weight excluding hydrogens is 306 g/mol. The second-order valence-electron chi connectivity index (χ2n) is 8.06. The minimum absolute atomic E-state index is 0.225. The van der Waals surface area contributed by atoms with Crippen LogP contribution in [0.2, 0.25) is 0 Å². The molecule has 0 amide bonds. The molecule has 0 aromatic heterocycles. The number of hydrogen-bond donors (Lipinski definition) is 0. The van der Waals surface area contributed by atoms with Gasteiger partial charge in [0.15, 0.2) is 5.78 Å². The molecule has 0 radical (unpaired) electrons. The summed E-state index contributed by atoms with van der Waals surface area (Å²) >= 11 is 0. The van der Waals surface area contributed by atoms with Crippen molar-refractivity contribution in [3.05, 3.63) is 70.8 Å². The lowest BCUT2D eigenvalue weighted by Gasteiger charge is -2.38. The Morgan fingerprint density at radius 2 is 1.64 bits per heavy atom. The zero-order valence-corrected chi connectivity index (χ0v) is 14.7. The third kappa shape index (κ3) is 2.73. The van der Waals surface area contributed by atoms with Gasteiger partial charge < -0.3 is 0 Å². The highest BCUT2D eigenvalue weighted by Gasteiger charge is 2.42. The average molecular weight is 331 g/mol. The molecule has 2 aromatic rings. The van der Waals surface area contributed by atoms with Gasteiger partial charge in [0.2, 0.25) is 0 Å². The number of benzene rings is 2. The first-order chi connectivity index (χ1) is 12.3. The van der Waals surface area contributed by atoms with E-state index in [4.69, 9.17) is 0 Å². The highest BCUT2D eigenvalue weighted by Crippen LogP contribution is 2.41. The van der Waals surface area contributed by atoms with Crippen LogP contribution < -0.4 is 0 Å². The molecule has 2 fully saturated rings. The normalized spacial score (nSPS) is 27.6. The van der Waals surface area contributed by atoms with E-state index in [9.17, 15) is 4.79 Å². The van der Waals surface area contributed by atoms with Gasteiger partial charge >= 0.3 is 0 Å². The number of carbonyl (C=O) groups is 1. The molecule has 2 unspecified atom stereocenters. The maximum atomic E-state index is 13.1. The van der Waals surface area contributed by atoms with Gasteiger partial charge in [-0.05, 0) is 61.3 Å². The minimum Gasteiger partial charge on any atom is -0.294 e. The van der Waals surface area contributed by atoms with Crippen LogP contribution in [0.4, 0.5) is 0 Å². The summed E-state index contributed by atoms with van der Waals surface area (Å²) in [6, 6.07) is 18.3. The summed E-state index contributed by atoms with van der Waals surface area (Å²) in [6.07, 6.45) is 6.93. The summed E-state index contributed by atoms with van der Waals surface area (Å²) in [6.45, 7) is 1.04. The van der Waals surface area contributed by atoms with Crippen molar-refractivity contribution >= 4 is 5.78 Å². The van der Waals surface area contributed by atoms with Crippen molar-refractivity contribution < 1.29 is 4.79 Å². The predicted octanol–water partition coefficient (Wildman–Crippen LogP) is 4.41. The molecule has 2 heterocycles. The molecule has 2 aliphatic heterocycles. The predicted molar refractivity (Wildman–Crippen MR) is 99.7 cm³/mol. The molecule has 25 heavy (non-hydrogen) atoms. The van der Waals surface area contributed by atoms with Crippen LogP contribution in [0.3, 0.4) is 0 Å². The van der Waals surface area contributed by atoms with Crippen LogP contribution in [0.1, 0.15) is 52.7 Å². The van der Waals surface area contributed by atoms with Crippen molar-refractivity contribution in [3.63, 3.8) is 0 Å². The van der Waals surface area contributed by atoms with Gasteiger partial charge in [0.25, 0.3) is 0 Å². The average Bonchev–Trinajstić information content (AvgIpc) is 2.85. The van der Waals surface area contributed by atoms with Crippen LogP contribution in [0.15, 0.2) is 48.5 Å². The summed E-state index contributed by atoms with van der Waals surface area (Å²) in [5.74, 6) is 0.619. The summed E-state index contributed by atoms with van der Waals surface area (Å²) < 4.78 is 0. The fourth-order valence-electron chi connectivity index (χ4n) is 5.12. The van der Waals surface area contributed by atoms with Crippen LogP contribution in [0, 0.1) is 5.92 Å². The van der Waals surface area contributed by atoms with Crippen molar-refractivity contribution in [2.75, 3.05) is 0 Å². The quantitative estimate of drug-likeness (QED) is 0.774. The van der Waals surface area contributed by atoms with E-state index in [1.807, 2.05) is 0 Å². The van der Waals surface area contributed by atoms with Gasteiger partial charge in [-0.1, -0.05) is 42.5 Å². The van der Waals surface area contributed by atoms with E-state index in [0.717, 1.165) is 31.4 Å². The highest BCUT2D eigenvalue weighted by atomic mass is 16.1. The first kappa shape index (κ1) is 15.3. The number of piperidine rings is 1. The van der Waals surface area contributed by atoms with Crippen molar-refractivity contribution in [2.24, 2.45) is 5.92 Å². The van der Waals surface area contributed by atoms with Crippen molar-refractivity contribution in [2.45, 2.75) is 57.2 Å². The van der Waals surface area contributed by atoms with E-state index in [2.05, 4.69) is 53.4 Å². The SMILES string of the molecule is O=C(c1ccc2c(c1)CC2)C1CC2CCC(C1)N2Cc1ccccc1. The Morgan fingerprint density at radius 1 is 0.920 bits per heavy atom. The number of hydrogen-bond acceptors (Lipinski definition) is 2. The maximum Gasteiger partial charge on any atom is 0.166 e. The van der Waals surface area contributed by atoms with Crippen molar-refractivity contribution in [3.8, 4) is 0 Å². The van der Waals surface area contributed by atoms with Crippen molar-refractivity contribution in [1.29, 1.82) is 0 Å². The van der Waals surface area contributed by atoms with Gasteiger partial charge in [-0.2, -0.15) is 0 Å². The summed E-state index contributed by atoms with van der Waals surface area (Å²) in [5, 5.41) is 0. The largest absolute Gasteiger partial charge is 0.294 e. The molecule has 3 aliphatic rings. The fourth-order valence-corrected chi connectivity index (χ4v) is 5.12. The molecule has 0 N–H and O–H groups in total. The van der Waals surface area contributed by atoms with Gasteiger partial charge in [0.1, 0.15) is 0 Å². The van der Waals surface area contributed by atoms with Crippen LogP contribution in [0.5, 0.6) is 0 Å². The molecule has 2 bridgehead atoms. The van der Waals surface area contributed by atoms with E-state index in [-0.39, 0.29) is 5.92 Å². The van der Waals surface area contributed by atoms with E-state index in [1.165, 1.54) is 36.0 Å². The number of carbonyl (C=O) groups excluding carboxylic acids is 1. The lowest BCUT2D eigenvalue weighted by atomic mass is 9.81. The fraction of sp³-hybridized carbons (Fsp3) is 0.435. The maximum absolute atomic E-state index is 13.1. The van der Waals surface area contributed by atoms with Crippen LogP contribution >= 0.6 is 0 Å². The third-order valence-corrected chi connectivity index (χ3v) is 6.62. The Bertz CT molecular complexity index is 783. The minimum atomic E-state index is 0.225.